The van der Waals surface area contributed by atoms with E-state index in [-0.39, 0.29) is 30.8 Å². The Bertz CT molecular complexity index is 1040. The number of amides is 2. The smallest absolute Gasteiger partial charge is 0.407 e. The molecule has 2 aromatic carbocycles. The van der Waals surface area contributed by atoms with Crippen LogP contribution < -0.4 is 10.6 Å². The van der Waals surface area contributed by atoms with Gasteiger partial charge in [-0.15, -0.1) is 0 Å². The van der Waals surface area contributed by atoms with Gasteiger partial charge in [0.05, 0.1) is 6.42 Å². The van der Waals surface area contributed by atoms with E-state index in [2.05, 4.69) is 10.6 Å². The Morgan fingerprint density at radius 3 is 2.14 bits per heavy atom. The lowest BCUT2D eigenvalue weighted by Crippen LogP contribution is -2.45. The Balaban J connectivity index is 1.25. The molecule has 1 saturated carbocycles. The van der Waals surface area contributed by atoms with Gasteiger partial charge in [-0.2, -0.15) is 0 Å². The van der Waals surface area contributed by atoms with Crippen molar-refractivity contribution in [1.29, 1.82) is 0 Å². The van der Waals surface area contributed by atoms with Crippen LogP contribution in [0.25, 0.3) is 11.1 Å². The van der Waals surface area contributed by atoms with Gasteiger partial charge in [0.2, 0.25) is 5.91 Å². The highest BCUT2D eigenvalue weighted by Crippen LogP contribution is 2.44. The summed E-state index contributed by atoms with van der Waals surface area (Å²) in [7, 11) is 0. The lowest BCUT2D eigenvalue weighted by Gasteiger charge is -2.34. The summed E-state index contributed by atoms with van der Waals surface area (Å²) in [5.74, 6) is -1.41. The molecule has 0 bridgehead atoms. The zero-order valence-corrected chi connectivity index (χ0v) is 19.1. The van der Waals surface area contributed by atoms with Crippen molar-refractivity contribution in [2.75, 3.05) is 13.2 Å². The standard InChI is InChI=1S/C26H28F2N2O5/c27-25(28)22(12-23(31)29-13-16-9-15(10-16)11-24(32)33)30-26(34)35-14-21-19-7-3-1-5-17(19)18-6-2-4-8-20(18)21/h1-8,15-16,21-22,25H,9-14H2,(H,29,31)(H,30,34)(H,32,33). The van der Waals surface area contributed by atoms with Gasteiger partial charge in [-0.05, 0) is 46.9 Å². The summed E-state index contributed by atoms with van der Waals surface area (Å²) in [5, 5.41) is 13.5. The normalized spacial score (nSPS) is 19.3. The zero-order valence-electron chi connectivity index (χ0n) is 19.1. The minimum Gasteiger partial charge on any atom is -0.481 e. The van der Waals surface area contributed by atoms with Crippen LogP contribution in [0.4, 0.5) is 13.6 Å². The number of ether oxygens (including phenoxy) is 1. The molecule has 2 aromatic rings. The number of hydrogen-bond acceptors (Lipinski definition) is 4. The molecule has 0 saturated heterocycles. The van der Waals surface area contributed by atoms with E-state index in [4.69, 9.17) is 9.84 Å². The van der Waals surface area contributed by atoms with Crippen molar-refractivity contribution in [1.82, 2.24) is 10.6 Å². The van der Waals surface area contributed by atoms with Gasteiger partial charge in [0, 0.05) is 18.9 Å². The average Bonchev–Trinajstić information content (AvgIpc) is 3.12. The van der Waals surface area contributed by atoms with E-state index in [1.54, 1.807) is 0 Å². The Morgan fingerprint density at radius 2 is 1.57 bits per heavy atom. The number of benzene rings is 2. The van der Waals surface area contributed by atoms with Crippen LogP contribution >= 0.6 is 0 Å². The number of rotatable bonds is 10. The van der Waals surface area contributed by atoms with E-state index in [9.17, 15) is 23.2 Å². The van der Waals surface area contributed by atoms with Crippen molar-refractivity contribution >= 4 is 18.0 Å². The summed E-state index contributed by atoms with van der Waals surface area (Å²) in [5.41, 5.74) is 4.13. The fraction of sp³-hybridized carbons (Fsp3) is 0.423. The third kappa shape index (κ3) is 5.96. The molecular weight excluding hydrogens is 458 g/mol. The van der Waals surface area contributed by atoms with E-state index < -0.39 is 36.9 Å². The highest BCUT2D eigenvalue weighted by molar-refractivity contribution is 5.79. The predicted octanol–water partition coefficient (Wildman–Crippen LogP) is 4.17. The number of carbonyl (C=O) groups excluding carboxylic acids is 2. The summed E-state index contributed by atoms with van der Waals surface area (Å²) >= 11 is 0. The van der Waals surface area contributed by atoms with Crippen LogP contribution in [0.1, 0.15) is 42.7 Å². The molecule has 2 aliphatic rings. The predicted molar refractivity (Wildman–Crippen MR) is 124 cm³/mol. The molecule has 35 heavy (non-hydrogen) atoms. The average molecular weight is 487 g/mol. The van der Waals surface area contributed by atoms with Crippen molar-refractivity contribution in [3.8, 4) is 11.1 Å². The summed E-state index contributed by atoms with van der Waals surface area (Å²) in [6.07, 6.45) is -3.05. The second-order valence-electron chi connectivity index (χ2n) is 9.22. The second kappa shape index (κ2) is 10.8. The van der Waals surface area contributed by atoms with Crippen molar-refractivity contribution < 1.29 is 33.0 Å². The monoisotopic (exact) mass is 486 g/mol. The Labute approximate surface area is 201 Å². The van der Waals surface area contributed by atoms with Crippen molar-refractivity contribution in [2.45, 2.75) is 44.1 Å². The maximum Gasteiger partial charge on any atom is 0.407 e. The number of carboxylic acids is 1. The number of alkyl carbamates (subject to hydrolysis) is 1. The third-order valence-electron chi connectivity index (χ3n) is 6.74. The van der Waals surface area contributed by atoms with E-state index in [0.29, 0.717) is 19.4 Å². The molecule has 2 amide bonds. The minimum atomic E-state index is -2.94. The van der Waals surface area contributed by atoms with Gasteiger partial charge < -0.3 is 20.5 Å². The summed E-state index contributed by atoms with van der Waals surface area (Å²) in [6, 6.07) is 13.9. The number of halogens is 2. The number of carbonyl (C=O) groups is 3. The van der Waals surface area contributed by atoms with E-state index >= 15 is 0 Å². The van der Waals surface area contributed by atoms with Crippen molar-refractivity contribution in [2.24, 2.45) is 11.8 Å². The molecule has 2 aliphatic carbocycles. The first-order chi connectivity index (χ1) is 16.8. The van der Waals surface area contributed by atoms with Crippen LogP contribution in [0.5, 0.6) is 0 Å². The quantitative estimate of drug-likeness (QED) is 0.468. The van der Waals surface area contributed by atoms with Gasteiger partial charge in [0.25, 0.3) is 6.43 Å². The fourth-order valence-electron chi connectivity index (χ4n) is 4.98. The molecule has 0 aliphatic heterocycles. The largest absolute Gasteiger partial charge is 0.481 e. The topological polar surface area (TPSA) is 105 Å². The van der Waals surface area contributed by atoms with E-state index in [1.165, 1.54) is 0 Å². The number of aliphatic carboxylic acids is 1. The molecule has 0 aromatic heterocycles. The molecule has 0 heterocycles. The molecule has 7 nitrogen and oxygen atoms in total. The third-order valence-corrected chi connectivity index (χ3v) is 6.74. The summed E-state index contributed by atoms with van der Waals surface area (Å²) in [6.45, 7) is 0.289. The van der Waals surface area contributed by atoms with Gasteiger partial charge in [-0.25, -0.2) is 13.6 Å². The number of alkyl halides is 2. The van der Waals surface area contributed by atoms with Crippen LogP contribution in [0.3, 0.4) is 0 Å². The number of nitrogens with one attached hydrogen (secondary N) is 2. The zero-order chi connectivity index (χ0) is 24.9. The highest BCUT2D eigenvalue weighted by atomic mass is 19.3. The van der Waals surface area contributed by atoms with Gasteiger partial charge >= 0.3 is 12.1 Å². The summed E-state index contributed by atoms with van der Waals surface area (Å²) in [4.78, 5) is 35.2. The SMILES string of the molecule is O=C(O)CC1CC(CNC(=O)CC(NC(=O)OCC2c3ccccc3-c3ccccc32)C(F)F)C1. The molecule has 0 radical (unpaired) electrons. The van der Waals surface area contributed by atoms with E-state index in [0.717, 1.165) is 22.3 Å². The molecule has 1 unspecified atom stereocenters. The number of hydrogen-bond donors (Lipinski definition) is 3. The van der Waals surface area contributed by atoms with Crippen LogP contribution in [-0.2, 0) is 14.3 Å². The van der Waals surface area contributed by atoms with Gasteiger partial charge in [0.1, 0.15) is 12.6 Å². The number of fused-ring (bicyclic) bond motifs is 3. The molecule has 0 spiro atoms. The van der Waals surface area contributed by atoms with Crippen molar-refractivity contribution in [3.05, 3.63) is 59.7 Å². The van der Waals surface area contributed by atoms with Crippen LogP contribution in [0.2, 0.25) is 0 Å². The van der Waals surface area contributed by atoms with Gasteiger partial charge in [0.15, 0.2) is 0 Å². The Kier molecular flexibility index (Phi) is 7.63. The van der Waals surface area contributed by atoms with Crippen LogP contribution in [0.15, 0.2) is 48.5 Å². The maximum absolute atomic E-state index is 13.5. The Morgan fingerprint density at radius 1 is 0.971 bits per heavy atom. The van der Waals surface area contributed by atoms with Crippen LogP contribution in [0, 0.1) is 11.8 Å². The van der Waals surface area contributed by atoms with Gasteiger partial charge in [-0.1, -0.05) is 48.5 Å². The molecule has 3 N–H and O–H groups in total. The molecule has 9 heteroatoms. The van der Waals surface area contributed by atoms with Crippen LogP contribution in [-0.4, -0.2) is 48.7 Å². The molecule has 1 atom stereocenters. The molecule has 1 fully saturated rings. The Hall–Kier alpha value is -3.49. The number of carboxylic acid groups (broad SMARTS) is 1. The first kappa shape index (κ1) is 24.6. The molecular formula is C26H28F2N2O5. The maximum atomic E-state index is 13.5. The minimum absolute atomic E-state index is 0.0127. The fourth-order valence-corrected chi connectivity index (χ4v) is 4.98. The first-order valence-corrected chi connectivity index (χ1v) is 11.7. The first-order valence-electron chi connectivity index (χ1n) is 11.7. The lowest BCUT2D eigenvalue weighted by molar-refractivity contribution is -0.139. The lowest BCUT2D eigenvalue weighted by atomic mass is 9.73. The molecule has 186 valence electrons. The van der Waals surface area contributed by atoms with E-state index in [1.807, 2.05) is 48.5 Å². The highest BCUT2D eigenvalue weighted by Gasteiger charge is 2.32. The second-order valence-corrected chi connectivity index (χ2v) is 9.22. The molecule has 4 rings (SSSR count). The van der Waals surface area contributed by atoms with Crippen molar-refractivity contribution in [3.63, 3.8) is 0 Å². The summed E-state index contributed by atoms with van der Waals surface area (Å²) < 4.78 is 32.3. The van der Waals surface area contributed by atoms with Gasteiger partial charge in [-0.3, -0.25) is 9.59 Å².